The molecule has 0 aromatic heterocycles. The summed E-state index contributed by atoms with van der Waals surface area (Å²) in [7, 11) is 1.38. The maximum atomic E-state index is 12.2. The van der Waals surface area contributed by atoms with Gasteiger partial charge in [0.15, 0.2) is 0 Å². The largest absolute Gasteiger partial charge is 0.469 e. The summed E-state index contributed by atoms with van der Waals surface area (Å²) in [5, 5.41) is 0. The van der Waals surface area contributed by atoms with E-state index in [1.165, 1.54) is 7.11 Å². The van der Waals surface area contributed by atoms with Crippen LogP contribution < -0.4 is 0 Å². The molecule has 110 valence electrons. The number of carbonyl (C=O) groups is 2. The molecule has 0 aromatic rings. The number of piperidine rings is 1. The number of rotatable bonds is 4. The molecule has 1 saturated heterocycles. The van der Waals surface area contributed by atoms with Crippen molar-refractivity contribution in [2.75, 3.05) is 20.3 Å². The van der Waals surface area contributed by atoms with Crippen LogP contribution in [0.2, 0.25) is 0 Å². The van der Waals surface area contributed by atoms with E-state index in [2.05, 4.69) is 4.74 Å². The highest BCUT2D eigenvalue weighted by Gasteiger charge is 2.29. The molecule has 1 atom stereocenters. The van der Waals surface area contributed by atoms with E-state index in [1.807, 2.05) is 20.8 Å². The van der Waals surface area contributed by atoms with Crippen molar-refractivity contribution in [3.63, 3.8) is 0 Å². The molecule has 1 fully saturated rings. The Morgan fingerprint density at radius 1 is 1.26 bits per heavy atom. The summed E-state index contributed by atoms with van der Waals surface area (Å²) in [5.74, 6) is -0.301. The number of ether oxygens (including phenoxy) is 2. The van der Waals surface area contributed by atoms with E-state index in [9.17, 15) is 9.59 Å². The molecule has 0 spiro atoms. The van der Waals surface area contributed by atoms with Crippen molar-refractivity contribution >= 4 is 11.9 Å². The summed E-state index contributed by atoms with van der Waals surface area (Å²) in [6.45, 7) is 6.53. The summed E-state index contributed by atoms with van der Waals surface area (Å²) in [6, 6.07) is -0.0442. The third-order valence-electron chi connectivity index (χ3n) is 3.21. The Kier molecular flexibility index (Phi) is 5.79. The van der Waals surface area contributed by atoms with Crippen LogP contribution in [-0.4, -0.2) is 48.7 Å². The monoisotopic (exact) mass is 271 g/mol. The number of hydrogen-bond acceptors (Lipinski definition) is 4. The lowest BCUT2D eigenvalue weighted by Gasteiger charge is -2.35. The van der Waals surface area contributed by atoms with Gasteiger partial charge in [0.05, 0.1) is 19.1 Å². The average molecular weight is 271 g/mol. The molecular weight excluding hydrogens is 246 g/mol. The molecular formula is C14H25NO4. The van der Waals surface area contributed by atoms with E-state index >= 15 is 0 Å². The van der Waals surface area contributed by atoms with Crippen LogP contribution in [0.1, 0.15) is 46.5 Å². The standard InChI is InChI=1S/C14H25NO4/c1-14(2,3)19-10-12(16)15-8-6-5-7-11(15)9-13(17)18-4/h11H,5-10H2,1-4H3. The van der Waals surface area contributed by atoms with Crippen LogP contribution in [0.4, 0.5) is 0 Å². The number of methoxy groups -OCH3 is 1. The molecule has 1 aliphatic rings. The Balaban J connectivity index is 2.55. The van der Waals surface area contributed by atoms with Crippen molar-refractivity contribution in [3.8, 4) is 0 Å². The first-order valence-corrected chi connectivity index (χ1v) is 6.84. The molecule has 0 aromatic carbocycles. The molecule has 5 nitrogen and oxygen atoms in total. The van der Waals surface area contributed by atoms with Gasteiger partial charge in [0.1, 0.15) is 6.61 Å². The zero-order chi connectivity index (χ0) is 14.5. The van der Waals surface area contributed by atoms with Gasteiger partial charge in [-0.15, -0.1) is 0 Å². The second kappa shape index (κ2) is 6.89. The number of hydrogen-bond donors (Lipinski definition) is 0. The maximum absolute atomic E-state index is 12.2. The van der Waals surface area contributed by atoms with Crippen LogP contribution in [0.25, 0.3) is 0 Å². The minimum atomic E-state index is -0.330. The van der Waals surface area contributed by atoms with Gasteiger partial charge in [-0.25, -0.2) is 0 Å². The van der Waals surface area contributed by atoms with Crippen molar-refractivity contribution in [1.82, 2.24) is 4.90 Å². The minimum Gasteiger partial charge on any atom is -0.469 e. The van der Waals surface area contributed by atoms with Gasteiger partial charge in [-0.2, -0.15) is 0 Å². The Hall–Kier alpha value is -1.10. The quantitative estimate of drug-likeness (QED) is 0.731. The lowest BCUT2D eigenvalue weighted by atomic mass is 9.99. The van der Waals surface area contributed by atoms with Gasteiger partial charge < -0.3 is 14.4 Å². The molecule has 0 aliphatic carbocycles. The van der Waals surface area contributed by atoms with Gasteiger partial charge in [0, 0.05) is 12.6 Å². The number of nitrogens with zero attached hydrogens (tertiary/aromatic N) is 1. The third-order valence-corrected chi connectivity index (χ3v) is 3.21. The zero-order valence-corrected chi connectivity index (χ0v) is 12.4. The highest BCUT2D eigenvalue weighted by Crippen LogP contribution is 2.20. The fraction of sp³-hybridized carbons (Fsp3) is 0.857. The van der Waals surface area contributed by atoms with E-state index < -0.39 is 0 Å². The molecule has 1 amide bonds. The molecule has 1 aliphatic heterocycles. The van der Waals surface area contributed by atoms with Gasteiger partial charge in [-0.05, 0) is 40.0 Å². The van der Waals surface area contributed by atoms with Crippen molar-refractivity contribution < 1.29 is 19.1 Å². The molecule has 19 heavy (non-hydrogen) atoms. The topological polar surface area (TPSA) is 55.8 Å². The summed E-state index contributed by atoms with van der Waals surface area (Å²) >= 11 is 0. The molecule has 1 heterocycles. The number of carbonyl (C=O) groups excluding carboxylic acids is 2. The summed E-state index contributed by atoms with van der Waals surface area (Å²) in [5.41, 5.74) is -0.330. The van der Waals surface area contributed by atoms with E-state index in [0.29, 0.717) is 6.54 Å². The van der Waals surface area contributed by atoms with Gasteiger partial charge in [0.2, 0.25) is 5.91 Å². The smallest absolute Gasteiger partial charge is 0.307 e. The first-order chi connectivity index (χ1) is 8.83. The van der Waals surface area contributed by atoms with Crippen LogP contribution in [0.5, 0.6) is 0 Å². The molecule has 1 unspecified atom stereocenters. The van der Waals surface area contributed by atoms with Gasteiger partial charge in [-0.3, -0.25) is 9.59 Å². The molecule has 0 bridgehead atoms. The lowest BCUT2D eigenvalue weighted by Crippen LogP contribution is -2.47. The fourth-order valence-corrected chi connectivity index (χ4v) is 2.18. The van der Waals surface area contributed by atoms with Crippen molar-refractivity contribution in [2.45, 2.75) is 58.1 Å². The molecule has 0 saturated carbocycles. The number of likely N-dealkylation sites (tertiary alicyclic amines) is 1. The van der Waals surface area contributed by atoms with Gasteiger partial charge >= 0.3 is 5.97 Å². The van der Waals surface area contributed by atoms with E-state index in [0.717, 1.165) is 19.3 Å². The lowest BCUT2D eigenvalue weighted by molar-refractivity contribution is -0.148. The molecule has 0 radical (unpaired) electrons. The fourth-order valence-electron chi connectivity index (χ4n) is 2.18. The second-order valence-electron chi connectivity index (χ2n) is 5.92. The van der Waals surface area contributed by atoms with Crippen molar-refractivity contribution in [1.29, 1.82) is 0 Å². The van der Waals surface area contributed by atoms with Crippen molar-refractivity contribution in [3.05, 3.63) is 0 Å². The van der Waals surface area contributed by atoms with Crippen LogP contribution in [0.15, 0.2) is 0 Å². The summed E-state index contributed by atoms with van der Waals surface area (Å²) < 4.78 is 10.2. The van der Waals surface area contributed by atoms with E-state index in [-0.39, 0.29) is 36.5 Å². The van der Waals surface area contributed by atoms with Crippen LogP contribution in [0, 0.1) is 0 Å². The SMILES string of the molecule is COC(=O)CC1CCCCN1C(=O)COC(C)(C)C. The average Bonchev–Trinajstić information content (AvgIpc) is 2.35. The zero-order valence-electron chi connectivity index (χ0n) is 12.4. The predicted octanol–water partition coefficient (Wildman–Crippen LogP) is 1.75. The maximum Gasteiger partial charge on any atom is 0.307 e. The first-order valence-electron chi connectivity index (χ1n) is 6.84. The highest BCUT2D eigenvalue weighted by atomic mass is 16.5. The first kappa shape index (κ1) is 16.0. The minimum absolute atomic E-state index is 0.0384. The second-order valence-corrected chi connectivity index (χ2v) is 5.92. The summed E-state index contributed by atoms with van der Waals surface area (Å²) in [4.78, 5) is 25.3. The van der Waals surface area contributed by atoms with Crippen LogP contribution in [-0.2, 0) is 19.1 Å². The predicted molar refractivity (Wildman–Crippen MR) is 71.7 cm³/mol. The molecule has 5 heteroatoms. The number of amides is 1. The molecule has 1 rings (SSSR count). The number of esters is 1. The normalized spacial score (nSPS) is 20.2. The summed E-state index contributed by atoms with van der Waals surface area (Å²) in [6.07, 6.45) is 3.17. The van der Waals surface area contributed by atoms with E-state index in [1.54, 1.807) is 4.90 Å². The molecule has 0 N–H and O–H groups in total. The van der Waals surface area contributed by atoms with E-state index in [4.69, 9.17) is 4.74 Å². The third kappa shape index (κ3) is 5.59. The van der Waals surface area contributed by atoms with Crippen molar-refractivity contribution in [2.24, 2.45) is 0 Å². The highest BCUT2D eigenvalue weighted by molar-refractivity contribution is 5.79. The van der Waals surface area contributed by atoms with Gasteiger partial charge in [-0.1, -0.05) is 0 Å². The Morgan fingerprint density at radius 3 is 2.53 bits per heavy atom. The Bertz CT molecular complexity index is 322. The van der Waals surface area contributed by atoms with Gasteiger partial charge in [0.25, 0.3) is 0 Å². The Morgan fingerprint density at radius 2 is 1.95 bits per heavy atom. The van der Waals surface area contributed by atoms with Crippen LogP contribution >= 0.6 is 0 Å². The Labute approximate surface area is 115 Å². The van der Waals surface area contributed by atoms with Crippen LogP contribution in [0.3, 0.4) is 0 Å².